The average Bonchev–Trinajstić information content (AvgIpc) is 3.34. The van der Waals surface area contributed by atoms with Gasteiger partial charge in [0, 0.05) is 46.7 Å². The van der Waals surface area contributed by atoms with E-state index in [1.807, 2.05) is 16.8 Å². The maximum atomic E-state index is 9.69. The molecule has 0 aliphatic carbocycles. The van der Waals surface area contributed by atoms with Crippen molar-refractivity contribution in [2.45, 2.75) is 5.03 Å². The lowest BCUT2D eigenvalue weighted by molar-refractivity contribution is 0.219. The molecule has 0 atom stereocenters. The molecule has 0 spiro atoms. The van der Waals surface area contributed by atoms with E-state index in [4.69, 9.17) is 9.72 Å². The van der Waals surface area contributed by atoms with Gasteiger partial charge in [0.15, 0.2) is 0 Å². The van der Waals surface area contributed by atoms with Gasteiger partial charge in [0.2, 0.25) is 0 Å². The van der Waals surface area contributed by atoms with Gasteiger partial charge in [-0.3, -0.25) is 0 Å². The van der Waals surface area contributed by atoms with Gasteiger partial charge in [-0.25, -0.2) is 15.0 Å². The van der Waals surface area contributed by atoms with Crippen molar-refractivity contribution in [3.05, 3.63) is 34.8 Å². The van der Waals surface area contributed by atoms with Crippen molar-refractivity contribution in [2.24, 2.45) is 0 Å². The Morgan fingerprint density at radius 2 is 1.96 bits per heavy atom. The zero-order valence-electron chi connectivity index (χ0n) is 13.3. The number of pyridine rings is 1. The van der Waals surface area contributed by atoms with Crippen LogP contribution in [0.2, 0.25) is 0 Å². The molecule has 0 N–H and O–H groups in total. The standard InChI is InChI=1S/C16H14N4OS4/c1-21-4-7-22-10-25-15-12(9-17)11(14-18-2-5-23-14)8-13(20-15)16-19-3-6-24-16/h2-3,5-6,8H,4,7,10H2,1H3. The molecular formula is C16H14N4OS4. The van der Waals surface area contributed by atoms with E-state index in [2.05, 4.69) is 16.0 Å². The highest BCUT2D eigenvalue weighted by Crippen LogP contribution is 2.36. The minimum absolute atomic E-state index is 0.576. The summed E-state index contributed by atoms with van der Waals surface area (Å²) in [6.45, 7) is 0.716. The first-order valence-electron chi connectivity index (χ1n) is 7.28. The maximum absolute atomic E-state index is 9.69. The van der Waals surface area contributed by atoms with Gasteiger partial charge in [-0.2, -0.15) is 5.26 Å². The van der Waals surface area contributed by atoms with Gasteiger partial charge in [-0.05, 0) is 6.07 Å². The molecule has 5 nitrogen and oxygen atoms in total. The van der Waals surface area contributed by atoms with Crippen LogP contribution in [0.15, 0.2) is 34.2 Å². The number of hydrogen-bond donors (Lipinski definition) is 0. The first kappa shape index (κ1) is 18.4. The Morgan fingerprint density at radius 1 is 1.20 bits per heavy atom. The van der Waals surface area contributed by atoms with E-state index in [0.29, 0.717) is 12.2 Å². The topological polar surface area (TPSA) is 71.7 Å². The van der Waals surface area contributed by atoms with Gasteiger partial charge in [-0.1, -0.05) is 11.8 Å². The van der Waals surface area contributed by atoms with E-state index in [-0.39, 0.29) is 0 Å². The smallest absolute Gasteiger partial charge is 0.141 e. The van der Waals surface area contributed by atoms with Crippen LogP contribution in [0, 0.1) is 11.3 Å². The molecule has 0 radical (unpaired) electrons. The summed E-state index contributed by atoms with van der Waals surface area (Å²) in [5, 5.41) is 16.7. The monoisotopic (exact) mass is 406 g/mol. The van der Waals surface area contributed by atoms with Crippen molar-refractivity contribution in [1.29, 1.82) is 5.26 Å². The van der Waals surface area contributed by atoms with Crippen molar-refractivity contribution in [1.82, 2.24) is 15.0 Å². The van der Waals surface area contributed by atoms with Crippen LogP contribution in [0.1, 0.15) is 5.56 Å². The number of aromatic nitrogens is 3. The Bertz CT molecular complexity index is 844. The van der Waals surface area contributed by atoms with Crippen LogP contribution in [-0.4, -0.2) is 39.5 Å². The third kappa shape index (κ3) is 4.59. The highest BCUT2D eigenvalue weighted by Gasteiger charge is 2.18. The fourth-order valence-electron chi connectivity index (χ4n) is 2.02. The molecule has 0 aliphatic rings. The molecule has 3 heterocycles. The third-order valence-electron chi connectivity index (χ3n) is 3.12. The first-order valence-corrected chi connectivity index (χ1v) is 11.2. The minimum atomic E-state index is 0.576. The van der Waals surface area contributed by atoms with Crippen molar-refractivity contribution >= 4 is 46.2 Å². The molecule has 128 valence electrons. The largest absolute Gasteiger partial charge is 0.384 e. The van der Waals surface area contributed by atoms with Crippen LogP contribution < -0.4 is 0 Å². The zero-order chi connectivity index (χ0) is 17.5. The summed E-state index contributed by atoms with van der Waals surface area (Å²) in [6, 6.07) is 4.22. The van der Waals surface area contributed by atoms with E-state index in [1.54, 1.807) is 43.0 Å². The van der Waals surface area contributed by atoms with Crippen molar-refractivity contribution in [3.63, 3.8) is 0 Å². The van der Waals surface area contributed by atoms with Gasteiger partial charge >= 0.3 is 0 Å². The van der Waals surface area contributed by atoms with Gasteiger partial charge in [0.05, 0.1) is 12.2 Å². The van der Waals surface area contributed by atoms with Crippen LogP contribution in [0.25, 0.3) is 21.3 Å². The maximum Gasteiger partial charge on any atom is 0.141 e. The predicted molar refractivity (Wildman–Crippen MR) is 106 cm³/mol. The fraction of sp³-hybridized carbons (Fsp3) is 0.250. The van der Waals surface area contributed by atoms with E-state index < -0.39 is 0 Å². The van der Waals surface area contributed by atoms with Crippen molar-refractivity contribution in [3.8, 4) is 27.3 Å². The SMILES string of the molecule is COCCSCSc1nc(-c2nccs2)cc(-c2nccs2)c1C#N. The van der Waals surface area contributed by atoms with Crippen LogP contribution in [0.5, 0.6) is 0 Å². The third-order valence-corrected chi connectivity index (χ3v) is 6.89. The molecule has 3 rings (SSSR count). The molecule has 3 aromatic heterocycles. The molecule has 3 aromatic rings. The second-order valence-electron chi connectivity index (χ2n) is 4.68. The highest BCUT2D eigenvalue weighted by molar-refractivity contribution is 8.16. The summed E-state index contributed by atoms with van der Waals surface area (Å²) >= 11 is 6.39. The molecule has 0 fully saturated rings. The molecule has 0 aromatic carbocycles. The molecule has 25 heavy (non-hydrogen) atoms. The first-order chi connectivity index (χ1) is 12.3. The van der Waals surface area contributed by atoms with Crippen LogP contribution >= 0.6 is 46.2 Å². The molecule has 0 amide bonds. The van der Waals surface area contributed by atoms with Crippen LogP contribution in [0.3, 0.4) is 0 Å². The lowest BCUT2D eigenvalue weighted by atomic mass is 10.1. The van der Waals surface area contributed by atoms with E-state index in [1.165, 1.54) is 22.7 Å². The second-order valence-corrected chi connectivity index (χ2v) is 8.91. The summed E-state index contributed by atoms with van der Waals surface area (Å²) in [5.74, 6) is 0.914. The number of nitriles is 1. The molecule has 0 saturated heterocycles. The Labute approximate surface area is 162 Å². The zero-order valence-corrected chi connectivity index (χ0v) is 16.6. The Hall–Kier alpha value is -1.44. The van der Waals surface area contributed by atoms with Crippen molar-refractivity contribution in [2.75, 3.05) is 24.6 Å². The number of thiazole rings is 2. The summed E-state index contributed by atoms with van der Waals surface area (Å²) < 4.78 is 5.06. The number of methoxy groups -OCH3 is 1. The number of rotatable bonds is 8. The fourth-order valence-corrected chi connectivity index (χ4v) is 5.27. The highest BCUT2D eigenvalue weighted by atomic mass is 32.2. The quantitative estimate of drug-likeness (QED) is 0.307. The van der Waals surface area contributed by atoms with E-state index >= 15 is 0 Å². The Kier molecular flexibility index (Phi) is 6.84. The van der Waals surface area contributed by atoms with Gasteiger partial charge < -0.3 is 4.74 Å². The molecule has 0 saturated carbocycles. The normalized spacial score (nSPS) is 10.7. The second kappa shape index (κ2) is 9.31. The summed E-state index contributed by atoms with van der Waals surface area (Å²) in [6.07, 6.45) is 3.51. The Morgan fingerprint density at radius 3 is 2.60 bits per heavy atom. The van der Waals surface area contributed by atoms with Crippen LogP contribution in [0.4, 0.5) is 0 Å². The minimum Gasteiger partial charge on any atom is -0.384 e. The summed E-state index contributed by atoms with van der Waals surface area (Å²) in [7, 11) is 1.70. The lowest BCUT2D eigenvalue weighted by Gasteiger charge is -2.09. The van der Waals surface area contributed by atoms with Gasteiger partial charge in [0.25, 0.3) is 0 Å². The Balaban J connectivity index is 1.95. The molecule has 0 bridgehead atoms. The number of ether oxygens (including phenoxy) is 1. The number of thioether (sulfide) groups is 2. The van der Waals surface area contributed by atoms with E-state index in [9.17, 15) is 5.26 Å². The number of nitrogens with zero attached hydrogens (tertiary/aromatic N) is 4. The van der Waals surface area contributed by atoms with Crippen molar-refractivity contribution < 1.29 is 4.74 Å². The van der Waals surface area contributed by atoms with Gasteiger partial charge in [0.1, 0.15) is 26.8 Å². The van der Waals surface area contributed by atoms with E-state index in [0.717, 1.165) is 37.1 Å². The average molecular weight is 407 g/mol. The number of hydrogen-bond acceptors (Lipinski definition) is 9. The summed E-state index contributed by atoms with van der Waals surface area (Å²) in [4.78, 5) is 13.4. The molecule has 0 aliphatic heterocycles. The molecular weight excluding hydrogens is 392 g/mol. The van der Waals surface area contributed by atoms with Gasteiger partial charge in [-0.15, -0.1) is 34.4 Å². The lowest BCUT2D eigenvalue weighted by Crippen LogP contribution is -1.96. The molecule has 9 heteroatoms. The predicted octanol–water partition coefficient (Wildman–Crippen LogP) is 4.63. The molecule has 0 unspecified atom stereocenters. The van der Waals surface area contributed by atoms with Crippen LogP contribution in [-0.2, 0) is 4.74 Å². The summed E-state index contributed by atoms with van der Waals surface area (Å²) in [5.41, 5.74) is 2.18.